The van der Waals surface area contributed by atoms with E-state index < -0.39 is 17.5 Å². The summed E-state index contributed by atoms with van der Waals surface area (Å²) in [6.45, 7) is 1.77. The molecular weight excluding hydrogens is 236 g/mol. The minimum absolute atomic E-state index is 0.474. The Morgan fingerprint density at radius 1 is 1.50 bits per heavy atom. The van der Waals surface area contributed by atoms with Crippen LogP contribution in [0.4, 0.5) is 10.5 Å². The molecule has 2 amide bonds. The van der Waals surface area contributed by atoms with Gasteiger partial charge in [0.15, 0.2) is 0 Å². The molecule has 0 spiro atoms. The summed E-state index contributed by atoms with van der Waals surface area (Å²) in [5.74, 6) is -0.980. The van der Waals surface area contributed by atoms with Gasteiger partial charge in [0.1, 0.15) is 5.54 Å². The third-order valence-corrected chi connectivity index (χ3v) is 3.23. The number of aryl methyl sites for hydroxylation is 2. The van der Waals surface area contributed by atoms with Crippen LogP contribution >= 0.6 is 0 Å². The number of hydrogen-bond donors (Lipinski definition) is 3. The topological polar surface area (TPSA) is 96.3 Å². The number of rotatable bonds is 3. The molecule has 0 unspecified atom stereocenters. The molecule has 1 aliphatic rings. The van der Waals surface area contributed by atoms with Gasteiger partial charge in [-0.15, -0.1) is 0 Å². The molecular formula is C11H16N4O3. The van der Waals surface area contributed by atoms with E-state index in [1.54, 1.807) is 24.9 Å². The van der Waals surface area contributed by atoms with Gasteiger partial charge in [0.2, 0.25) is 0 Å². The Labute approximate surface area is 104 Å². The Kier molecular flexibility index (Phi) is 2.98. The number of amides is 2. The van der Waals surface area contributed by atoms with Crippen molar-refractivity contribution in [2.24, 2.45) is 7.05 Å². The SMILES string of the molecule is Cc1nn(C)cc1NC(=O)NC1(C(=O)O)CCC1. The van der Waals surface area contributed by atoms with Gasteiger partial charge in [0, 0.05) is 13.2 Å². The van der Waals surface area contributed by atoms with E-state index in [4.69, 9.17) is 5.11 Å². The molecule has 1 aliphatic carbocycles. The van der Waals surface area contributed by atoms with Gasteiger partial charge in [-0.05, 0) is 26.2 Å². The third kappa shape index (κ3) is 2.15. The number of nitrogens with zero attached hydrogens (tertiary/aromatic N) is 2. The molecule has 0 aliphatic heterocycles. The van der Waals surface area contributed by atoms with Crippen LogP contribution in [-0.4, -0.2) is 32.4 Å². The molecule has 0 aromatic carbocycles. The zero-order valence-corrected chi connectivity index (χ0v) is 10.4. The summed E-state index contributed by atoms with van der Waals surface area (Å²) in [5, 5.41) is 18.3. The van der Waals surface area contributed by atoms with Gasteiger partial charge >= 0.3 is 12.0 Å². The summed E-state index contributed by atoms with van der Waals surface area (Å²) in [6.07, 6.45) is 3.44. The van der Waals surface area contributed by atoms with E-state index in [0.717, 1.165) is 6.42 Å². The number of aromatic nitrogens is 2. The van der Waals surface area contributed by atoms with Gasteiger partial charge in [-0.2, -0.15) is 5.10 Å². The minimum atomic E-state index is -1.10. The molecule has 1 heterocycles. The number of hydrogen-bond acceptors (Lipinski definition) is 3. The monoisotopic (exact) mass is 252 g/mol. The average molecular weight is 252 g/mol. The van der Waals surface area contributed by atoms with E-state index in [9.17, 15) is 9.59 Å². The van der Waals surface area contributed by atoms with Crippen molar-refractivity contribution in [3.8, 4) is 0 Å². The number of carboxylic acid groups (broad SMARTS) is 1. The number of nitrogens with one attached hydrogen (secondary N) is 2. The molecule has 1 saturated carbocycles. The predicted molar refractivity (Wildman–Crippen MR) is 64.3 cm³/mol. The summed E-state index contributed by atoms with van der Waals surface area (Å²) in [6, 6.07) is -0.506. The maximum absolute atomic E-state index is 11.8. The van der Waals surface area contributed by atoms with Crippen molar-refractivity contribution in [3.63, 3.8) is 0 Å². The van der Waals surface area contributed by atoms with E-state index in [-0.39, 0.29) is 0 Å². The molecule has 0 saturated heterocycles. The van der Waals surface area contributed by atoms with Crippen molar-refractivity contribution in [3.05, 3.63) is 11.9 Å². The van der Waals surface area contributed by atoms with Gasteiger partial charge in [-0.3, -0.25) is 4.68 Å². The lowest BCUT2D eigenvalue weighted by Crippen LogP contribution is -2.60. The first-order valence-corrected chi connectivity index (χ1v) is 5.76. The molecule has 2 rings (SSSR count). The van der Waals surface area contributed by atoms with Gasteiger partial charge < -0.3 is 15.7 Å². The van der Waals surface area contributed by atoms with Crippen molar-refractivity contribution >= 4 is 17.7 Å². The van der Waals surface area contributed by atoms with E-state index in [1.165, 1.54) is 0 Å². The molecule has 1 aromatic rings. The quantitative estimate of drug-likeness (QED) is 0.743. The minimum Gasteiger partial charge on any atom is -0.480 e. The van der Waals surface area contributed by atoms with Gasteiger partial charge in [-0.25, -0.2) is 9.59 Å². The van der Waals surface area contributed by atoms with Crippen LogP contribution in [0.15, 0.2) is 6.20 Å². The Morgan fingerprint density at radius 3 is 2.56 bits per heavy atom. The lowest BCUT2D eigenvalue weighted by molar-refractivity contribution is -0.148. The second-order valence-corrected chi connectivity index (χ2v) is 4.62. The van der Waals surface area contributed by atoms with Crippen LogP contribution in [0.3, 0.4) is 0 Å². The van der Waals surface area contributed by atoms with Crippen LogP contribution in [0.5, 0.6) is 0 Å². The smallest absolute Gasteiger partial charge is 0.329 e. The van der Waals surface area contributed by atoms with Crippen LogP contribution in [0, 0.1) is 6.92 Å². The highest BCUT2D eigenvalue weighted by Gasteiger charge is 2.45. The second kappa shape index (κ2) is 4.32. The molecule has 0 radical (unpaired) electrons. The van der Waals surface area contributed by atoms with Crippen molar-refractivity contribution in [2.45, 2.75) is 31.7 Å². The van der Waals surface area contributed by atoms with Crippen LogP contribution in [0.2, 0.25) is 0 Å². The first-order valence-electron chi connectivity index (χ1n) is 5.76. The van der Waals surface area contributed by atoms with Crippen molar-refractivity contribution in [1.29, 1.82) is 0 Å². The lowest BCUT2D eigenvalue weighted by atomic mass is 9.77. The Morgan fingerprint density at radius 2 is 2.17 bits per heavy atom. The van der Waals surface area contributed by atoms with Crippen LogP contribution < -0.4 is 10.6 Å². The molecule has 7 heteroatoms. The molecule has 1 fully saturated rings. The maximum Gasteiger partial charge on any atom is 0.329 e. The Balaban J connectivity index is 2.01. The Hall–Kier alpha value is -2.05. The zero-order valence-electron chi connectivity index (χ0n) is 10.4. The fourth-order valence-electron chi connectivity index (χ4n) is 2.02. The summed E-state index contributed by atoms with van der Waals surface area (Å²) in [7, 11) is 1.75. The van der Waals surface area contributed by atoms with Crippen molar-refractivity contribution in [2.75, 3.05) is 5.32 Å². The van der Waals surface area contributed by atoms with Crippen LogP contribution in [0.1, 0.15) is 25.0 Å². The molecule has 0 atom stereocenters. The highest BCUT2D eigenvalue weighted by molar-refractivity contribution is 5.94. The molecule has 0 bridgehead atoms. The third-order valence-electron chi connectivity index (χ3n) is 3.23. The summed E-state index contributed by atoms with van der Waals surface area (Å²) in [5.41, 5.74) is 0.167. The van der Waals surface area contributed by atoms with E-state index in [0.29, 0.717) is 24.2 Å². The van der Waals surface area contributed by atoms with Crippen LogP contribution in [0.25, 0.3) is 0 Å². The summed E-state index contributed by atoms with van der Waals surface area (Å²) < 4.78 is 1.58. The van der Waals surface area contributed by atoms with Crippen LogP contribution in [-0.2, 0) is 11.8 Å². The van der Waals surface area contributed by atoms with Crippen molar-refractivity contribution in [1.82, 2.24) is 15.1 Å². The highest BCUT2D eigenvalue weighted by Crippen LogP contribution is 2.32. The molecule has 18 heavy (non-hydrogen) atoms. The van der Waals surface area contributed by atoms with E-state index in [2.05, 4.69) is 15.7 Å². The maximum atomic E-state index is 11.8. The van der Waals surface area contributed by atoms with Gasteiger partial charge in [0.25, 0.3) is 0 Å². The lowest BCUT2D eigenvalue weighted by Gasteiger charge is -2.38. The first-order chi connectivity index (χ1) is 8.43. The van der Waals surface area contributed by atoms with Gasteiger partial charge in [-0.1, -0.05) is 0 Å². The summed E-state index contributed by atoms with van der Waals surface area (Å²) in [4.78, 5) is 22.9. The number of carbonyl (C=O) groups excluding carboxylic acids is 1. The normalized spacial score (nSPS) is 16.8. The first kappa shape index (κ1) is 12.4. The number of carbonyl (C=O) groups is 2. The predicted octanol–water partition coefficient (Wildman–Crippen LogP) is 0.857. The molecule has 7 nitrogen and oxygen atoms in total. The zero-order chi connectivity index (χ0) is 13.3. The Bertz CT molecular complexity index is 490. The molecule has 1 aromatic heterocycles. The molecule has 3 N–H and O–H groups in total. The fourth-order valence-corrected chi connectivity index (χ4v) is 2.02. The van der Waals surface area contributed by atoms with Gasteiger partial charge in [0.05, 0.1) is 11.4 Å². The molecule has 98 valence electrons. The number of urea groups is 1. The van der Waals surface area contributed by atoms with E-state index >= 15 is 0 Å². The standard InChI is InChI=1S/C11H16N4O3/c1-7-8(6-15(2)14-7)12-10(18)13-11(9(16)17)4-3-5-11/h6H,3-5H2,1-2H3,(H,16,17)(H2,12,13,18). The van der Waals surface area contributed by atoms with E-state index in [1.807, 2.05) is 0 Å². The van der Waals surface area contributed by atoms with Crippen molar-refractivity contribution < 1.29 is 14.7 Å². The number of aliphatic carboxylic acids is 1. The number of anilines is 1. The largest absolute Gasteiger partial charge is 0.480 e. The summed E-state index contributed by atoms with van der Waals surface area (Å²) >= 11 is 0. The highest BCUT2D eigenvalue weighted by atomic mass is 16.4. The second-order valence-electron chi connectivity index (χ2n) is 4.62. The average Bonchev–Trinajstić information content (AvgIpc) is 2.50. The number of carboxylic acids is 1. The fraction of sp³-hybridized carbons (Fsp3) is 0.545.